The van der Waals surface area contributed by atoms with Crippen LogP contribution in [-0.4, -0.2) is 26.4 Å². The summed E-state index contributed by atoms with van der Waals surface area (Å²) in [5.41, 5.74) is 1.67. The molecule has 6 heteroatoms. The second-order valence-electron chi connectivity index (χ2n) is 6.09. The van der Waals surface area contributed by atoms with Crippen LogP contribution in [-0.2, 0) is 16.6 Å². The van der Waals surface area contributed by atoms with Gasteiger partial charge in [-0.05, 0) is 67.9 Å². The van der Waals surface area contributed by atoms with Crippen molar-refractivity contribution in [2.24, 2.45) is 0 Å². The summed E-state index contributed by atoms with van der Waals surface area (Å²) in [6, 6.07) is 12.2. The van der Waals surface area contributed by atoms with Crippen molar-refractivity contribution in [1.29, 1.82) is 0 Å². The fraction of sp³-hybridized carbons (Fsp3) is 0.333. The van der Waals surface area contributed by atoms with E-state index in [2.05, 4.69) is 9.62 Å². The normalized spacial score (nSPS) is 16.0. The first-order chi connectivity index (χ1) is 11.5. The third-order valence-corrected chi connectivity index (χ3v) is 5.58. The average Bonchev–Trinajstić information content (AvgIpc) is 2.58. The third-order valence-electron chi connectivity index (χ3n) is 4.18. The number of nitrogens with zero attached hydrogens (tertiary/aromatic N) is 1. The van der Waals surface area contributed by atoms with Gasteiger partial charge in [0.2, 0.25) is 0 Å². The molecule has 0 bridgehead atoms. The quantitative estimate of drug-likeness (QED) is 0.898. The van der Waals surface area contributed by atoms with Crippen LogP contribution in [0.1, 0.15) is 24.8 Å². The molecule has 3 rings (SSSR count). The number of likely N-dealkylation sites (tertiary alicyclic amines) is 1. The lowest BCUT2D eigenvalue weighted by Gasteiger charge is -2.26. The summed E-state index contributed by atoms with van der Waals surface area (Å²) >= 11 is 0. The Hall–Kier alpha value is -1.92. The van der Waals surface area contributed by atoms with Crippen molar-refractivity contribution < 1.29 is 12.8 Å². The van der Waals surface area contributed by atoms with Crippen molar-refractivity contribution in [1.82, 2.24) is 4.90 Å². The molecule has 1 N–H and O–H groups in total. The zero-order valence-electron chi connectivity index (χ0n) is 13.4. The van der Waals surface area contributed by atoms with Gasteiger partial charge < -0.3 is 0 Å². The number of anilines is 1. The molecule has 0 spiro atoms. The Labute approximate surface area is 142 Å². The van der Waals surface area contributed by atoms with E-state index in [-0.39, 0.29) is 4.90 Å². The Bertz CT molecular complexity index is 768. The first kappa shape index (κ1) is 16.9. The van der Waals surface area contributed by atoms with E-state index in [1.54, 1.807) is 12.1 Å². The topological polar surface area (TPSA) is 49.4 Å². The molecule has 1 aliphatic heterocycles. The number of halogens is 1. The summed E-state index contributed by atoms with van der Waals surface area (Å²) in [6.07, 6.45) is 3.80. The van der Waals surface area contributed by atoms with Gasteiger partial charge in [0.1, 0.15) is 5.82 Å². The highest BCUT2D eigenvalue weighted by atomic mass is 32.2. The zero-order chi connectivity index (χ0) is 17.0. The second kappa shape index (κ2) is 7.32. The average molecular weight is 348 g/mol. The van der Waals surface area contributed by atoms with E-state index in [1.165, 1.54) is 37.0 Å². The van der Waals surface area contributed by atoms with E-state index >= 15 is 0 Å². The first-order valence-corrected chi connectivity index (χ1v) is 9.61. The zero-order valence-corrected chi connectivity index (χ0v) is 14.2. The van der Waals surface area contributed by atoms with Crippen molar-refractivity contribution in [3.05, 3.63) is 59.9 Å². The van der Waals surface area contributed by atoms with Gasteiger partial charge in [-0.3, -0.25) is 9.62 Å². The summed E-state index contributed by atoms with van der Waals surface area (Å²) in [5.74, 6) is -0.462. The summed E-state index contributed by atoms with van der Waals surface area (Å²) in [4.78, 5) is 2.46. The lowest BCUT2D eigenvalue weighted by molar-refractivity contribution is 0.221. The predicted molar refractivity (Wildman–Crippen MR) is 92.8 cm³/mol. The standard InChI is InChI=1S/C18H21FN2O2S/c19-16-6-10-18(11-7-16)24(22,23)20-17-8-4-15(5-9-17)14-21-12-2-1-3-13-21/h4-11,20H,1-3,12-14H2. The van der Waals surface area contributed by atoms with Gasteiger partial charge in [-0.15, -0.1) is 0 Å². The highest BCUT2D eigenvalue weighted by molar-refractivity contribution is 7.92. The molecule has 1 fully saturated rings. The molecule has 0 atom stereocenters. The van der Waals surface area contributed by atoms with Crippen molar-refractivity contribution in [3.63, 3.8) is 0 Å². The van der Waals surface area contributed by atoms with E-state index in [0.29, 0.717) is 5.69 Å². The fourth-order valence-corrected chi connectivity index (χ4v) is 3.94. The molecule has 1 saturated heterocycles. The molecule has 4 nitrogen and oxygen atoms in total. The summed E-state index contributed by atoms with van der Waals surface area (Å²) in [5, 5.41) is 0. The van der Waals surface area contributed by atoms with Gasteiger partial charge in [-0.2, -0.15) is 0 Å². The molecule has 0 aliphatic carbocycles. The van der Waals surface area contributed by atoms with Crippen molar-refractivity contribution >= 4 is 15.7 Å². The molecular weight excluding hydrogens is 327 g/mol. The van der Waals surface area contributed by atoms with Gasteiger partial charge in [0.15, 0.2) is 0 Å². The largest absolute Gasteiger partial charge is 0.299 e. The minimum atomic E-state index is -3.70. The molecule has 0 amide bonds. The van der Waals surface area contributed by atoms with Crippen LogP contribution in [0.15, 0.2) is 53.4 Å². The van der Waals surface area contributed by atoms with Crippen LogP contribution in [0, 0.1) is 5.82 Å². The maximum atomic E-state index is 12.9. The Morgan fingerprint density at radius 2 is 1.54 bits per heavy atom. The molecule has 0 aromatic heterocycles. The van der Waals surface area contributed by atoms with E-state index in [0.717, 1.165) is 31.8 Å². The SMILES string of the molecule is O=S(=O)(Nc1ccc(CN2CCCCC2)cc1)c1ccc(F)cc1. The van der Waals surface area contributed by atoms with Gasteiger partial charge >= 0.3 is 0 Å². The van der Waals surface area contributed by atoms with Crippen LogP contribution in [0.3, 0.4) is 0 Å². The molecular formula is C18H21FN2O2S. The van der Waals surface area contributed by atoms with Gasteiger partial charge in [-0.25, -0.2) is 12.8 Å². The third kappa shape index (κ3) is 4.33. The lowest BCUT2D eigenvalue weighted by atomic mass is 10.1. The van der Waals surface area contributed by atoms with Crippen LogP contribution < -0.4 is 4.72 Å². The van der Waals surface area contributed by atoms with Crippen molar-refractivity contribution in [3.8, 4) is 0 Å². The van der Waals surface area contributed by atoms with Crippen molar-refractivity contribution in [2.75, 3.05) is 17.8 Å². The molecule has 0 unspecified atom stereocenters. The number of benzene rings is 2. The number of nitrogens with one attached hydrogen (secondary N) is 1. The number of piperidine rings is 1. The summed E-state index contributed by atoms with van der Waals surface area (Å²) in [6.45, 7) is 3.14. The van der Waals surface area contributed by atoms with E-state index in [4.69, 9.17) is 0 Å². The van der Waals surface area contributed by atoms with E-state index in [9.17, 15) is 12.8 Å². The first-order valence-electron chi connectivity index (χ1n) is 8.13. The Morgan fingerprint density at radius 1 is 0.917 bits per heavy atom. The summed E-state index contributed by atoms with van der Waals surface area (Å²) in [7, 11) is -3.70. The molecule has 0 saturated carbocycles. The van der Waals surface area contributed by atoms with Gasteiger partial charge in [-0.1, -0.05) is 18.6 Å². The Morgan fingerprint density at radius 3 is 2.17 bits per heavy atom. The van der Waals surface area contributed by atoms with Gasteiger partial charge in [0.25, 0.3) is 10.0 Å². The van der Waals surface area contributed by atoms with Crippen LogP contribution in [0.4, 0.5) is 10.1 Å². The number of hydrogen-bond donors (Lipinski definition) is 1. The Kier molecular flexibility index (Phi) is 5.16. The Balaban J connectivity index is 1.66. The van der Waals surface area contributed by atoms with E-state index in [1.807, 2.05) is 12.1 Å². The molecule has 1 heterocycles. The highest BCUT2D eigenvalue weighted by Gasteiger charge is 2.14. The molecule has 128 valence electrons. The van der Waals surface area contributed by atoms with Crippen molar-refractivity contribution in [2.45, 2.75) is 30.7 Å². The number of sulfonamides is 1. The molecule has 2 aromatic rings. The highest BCUT2D eigenvalue weighted by Crippen LogP contribution is 2.18. The van der Waals surface area contributed by atoms with Gasteiger partial charge in [0.05, 0.1) is 4.90 Å². The smallest absolute Gasteiger partial charge is 0.261 e. The van der Waals surface area contributed by atoms with Gasteiger partial charge in [0, 0.05) is 12.2 Å². The van der Waals surface area contributed by atoms with Crippen LogP contribution in [0.25, 0.3) is 0 Å². The number of hydrogen-bond acceptors (Lipinski definition) is 3. The van der Waals surface area contributed by atoms with Crippen LogP contribution >= 0.6 is 0 Å². The molecule has 24 heavy (non-hydrogen) atoms. The lowest BCUT2D eigenvalue weighted by Crippen LogP contribution is -2.29. The summed E-state index contributed by atoms with van der Waals surface area (Å²) < 4.78 is 40.0. The second-order valence-corrected chi connectivity index (χ2v) is 7.78. The van der Waals surface area contributed by atoms with Crippen LogP contribution in [0.2, 0.25) is 0 Å². The van der Waals surface area contributed by atoms with E-state index < -0.39 is 15.8 Å². The minimum absolute atomic E-state index is 0.0429. The van der Waals surface area contributed by atoms with Crippen LogP contribution in [0.5, 0.6) is 0 Å². The monoisotopic (exact) mass is 348 g/mol. The molecule has 1 aliphatic rings. The maximum Gasteiger partial charge on any atom is 0.261 e. The number of rotatable bonds is 5. The molecule has 0 radical (unpaired) electrons. The minimum Gasteiger partial charge on any atom is -0.299 e. The molecule has 2 aromatic carbocycles. The fourth-order valence-electron chi connectivity index (χ4n) is 2.88. The predicted octanol–water partition coefficient (Wildman–Crippen LogP) is 3.61. The maximum absolute atomic E-state index is 12.9.